The summed E-state index contributed by atoms with van der Waals surface area (Å²) in [5.74, 6) is -0.00738. The maximum atomic E-state index is 11.4. The third-order valence-corrected chi connectivity index (χ3v) is 5.74. The van der Waals surface area contributed by atoms with E-state index in [4.69, 9.17) is 4.98 Å². The van der Waals surface area contributed by atoms with Gasteiger partial charge in [-0.3, -0.25) is 9.20 Å². The van der Waals surface area contributed by atoms with Crippen molar-refractivity contribution in [3.05, 3.63) is 101 Å². The number of aromatic hydroxyl groups is 1. The Morgan fingerprint density at radius 1 is 1.00 bits per heavy atom. The molecule has 1 N–H and O–H groups in total. The van der Waals surface area contributed by atoms with Crippen LogP contribution in [0.25, 0.3) is 22.3 Å². The molecule has 3 aromatic heterocycles. The highest BCUT2D eigenvalue weighted by molar-refractivity contribution is 7.13. The molecule has 1 aromatic carbocycles. The number of rotatable bonds is 4. The van der Waals surface area contributed by atoms with Gasteiger partial charge in [0.25, 0.3) is 0 Å². The number of hydrogen-bond acceptors (Lipinski definition) is 5. The van der Waals surface area contributed by atoms with Gasteiger partial charge in [-0.15, -0.1) is 11.3 Å². The van der Waals surface area contributed by atoms with Crippen LogP contribution in [0.1, 0.15) is 17.0 Å². The van der Waals surface area contributed by atoms with Crippen molar-refractivity contribution in [2.75, 3.05) is 0 Å². The van der Waals surface area contributed by atoms with Crippen molar-refractivity contribution in [1.29, 1.82) is 0 Å². The number of aromatic nitrogens is 3. The number of nitrogens with zero attached hydrogens (tertiary/aromatic N) is 3. The zero-order valence-electron chi connectivity index (χ0n) is 15.9. The first-order valence-electron chi connectivity index (χ1n) is 9.48. The largest absolute Gasteiger partial charge is 0.493 e. The molecule has 1 aliphatic carbocycles. The van der Waals surface area contributed by atoms with Crippen molar-refractivity contribution in [3.63, 3.8) is 0 Å². The maximum absolute atomic E-state index is 11.4. The van der Waals surface area contributed by atoms with E-state index in [0.29, 0.717) is 17.8 Å². The number of fused-ring (bicyclic) bond motifs is 1. The van der Waals surface area contributed by atoms with Gasteiger partial charge in [0.15, 0.2) is 11.4 Å². The van der Waals surface area contributed by atoms with Crippen LogP contribution in [-0.4, -0.2) is 25.3 Å². The molecule has 146 valence electrons. The van der Waals surface area contributed by atoms with Gasteiger partial charge in [-0.05, 0) is 40.8 Å². The van der Waals surface area contributed by atoms with E-state index < -0.39 is 0 Å². The number of imidazole rings is 1. The molecule has 0 radical (unpaired) electrons. The summed E-state index contributed by atoms with van der Waals surface area (Å²) < 4.78 is 1.69. The van der Waals surface area contributed by atoms with E-state index in [0.717, 1.165) is 27.4 Å². The lowest BCUT2D eigenvalue weighted by Gasteiger charge is -2.07. The molecule has 0 saturated heterocycles. The summed E-state index contributed by atoms with van der Waals surface area (Å²) >= 11 is 1.60. The summed E-state index contributed by atoms with van der Waals surface area (Å²) in [5.41, 5.74) is 4.55. The van der Waals surface area contributed by atoms with Crippen molar-refractivity contribution >= 4 is 28.8 Å². The monoisotopic (exact) mass is 411 g/mol. The Kier molecular flexibility index (Phi) is 4.61. The zero-order chi connectivity index (χ0) is 20.5. The normalized spacial score (nSPS) is 13.3. The first kappa shape index (κ1) is 18.3. The molecule has 1 aliphatic rings. The molecule has 0 bridgehead atoms. The third kappa shape index (κ3) is 3.49. The summed E-state index contributed by atoms with van der Waals surface area (Å²) in [6.45, 7) is 0. The van der Waals surface area contributed by atoms with Gasteiger partial charge >= 0.3 is 0 Å². The highest BCUT2D eigenvalue weighted by atomic mass is 32.1. The van der Waals surface area contributed by atoms with Gasteiger partial charge < -0.3 is 5.11 Å². The van der Waals surface area contributed by atoms with Gasteiger partial charge in [0.2, 0.25) is 5.88 Å². The average Bonchev–Trinajstić information content (AvgIpc) is 3.40. The number of thiophene rings is 1. The van der Waals surface area contributed by atoms with Crippen LogP contribution < -0.4 is 0 Å². The second kappa shape index (κ2) is 7.57. The number of benzene rings is 1. The predicted octanol–water partition coefficient (Wildman–Crippen LogP) is 4.83. The summed E-state index contributed by atoms with van der Waals surface area (Å²) in [5, 5.41) is 12.9. The van der Waals surface area contributed by atoms with Crippen molar-refractivity contribution in [2.45, 2.75) is 6.42 Å². The Bertz CT molecular complexity index is 1310. The molecule has 30 heavy (non-hydrogen) atoms. The molecule has 5 rings (SSSR count). The number of carbonyl (C=O) groups excluding carboxylic acids is 1. The van der Waals surface area contributed by atoms with E-state index in [-0.39, 0.29) is 11.7 Å². The molecule has 3 heterocycles. The Labute approximate surface area is 177 Å². The molecular weight excluding hydrogens is 394 g/mol. The first-order chi connectivity index (χ1) is 14.7. The number of carbonyl (C=O) groups is 1. The van der Waals surface area contributed by atoms with Gasteiger partial charge in [-0.1, -0.05) is 48.6 Å². The van der Waals surface area contributed by atoms with Crippen molar-refractivity contribution in [2.24, 2.45) is 0 Å². The molecule has 0 fully saturated rings. The van der Waals surface area contributed by atoms with Crippen LogP contribution in [0.3, 0.4) is 0 Å². The van der Waals surface area contributed by atoms with E-state index in [1.807, 2.05) is 41.9 Å². The van der Waals surface area contributed by atoms with Gasteiger partial charge in [0.1, 0.15) is 5.69 Å². The molecule has 0 amide bonds. The molecule has 5 nitrogen and oxygen atoms in total. The average molecular weight is 411 g/mol. The second-order valence-electron chi connectivity index (χ2n) is 6.94. The fraction of sp³-hybridized carbons (Fsp3) is 0.0417. The predicted molar refractivity (Wildman–Crippen MR) is 118 cm³/mol. The van der Waals surface area contributed by atoms with Crippen LogP contribution >= 0.6 is 11.3 Å². The first-order valence-corrected chi connectivity index (χ1v) is 10.4. The lowest BCUT2D eigenvalue weighted by atomic mass is 10.1. The topological polar surface area (TPSA) is 67.5 Å². The Morgan fingerprint density at radius 2 is 1.80 bits per heavy atom. The van der Waals surface area contributed by atoms with Gasteiger partial charge in [0.05, 0.1) is 16.3 Å². The highest BCUT2D eigenvalue weighted by Crippen LogP contribution is 2.30. The Balaban J connectivity index is 1.67. The lowest BCUT2D eigenvalue weighted by molar-refractivity contribution is -0.110. The van der Waals surface area contributed by atoms with E-state index in [1.165, 1.54) is 12.2 Å². The van der Waals surface area contributed by atoms with Crippen LogP contribution in [0.2, 0.25) is 0 Å². The quantitative estimate of drug-likeness (QED) is 0.522. The van der Waals surface area contributed by atoms with E-state index >= 15 is 0 Å². The fourth-order valence-electron chi connectivity index (χ4n) is 3.38. The maximum Gasteiger partial charge on any atom is 0.223 e. The van der Waals surface area contributed by atoms with Gasteiger partial charge in [-0.2, -0.15) is 0 Å². The number of ketones is 1. The second-order valence-corrected chi connectivity index (χ2v) is 7.89. The number of hydrogen-bond donors (Lipinski definition) is 1. The molecule has 0 atom stereocenters. The molecule has 4 aromatic rings. The Morgan fingerprint density at radius 3 is 2.53 bits per heavy atom. The van der Waals surface area contributed by atoms with Crippen LogP contribution in [0, 0.1) is 0 Å². The van der Waals surface area contributed by atoms with Crippen molar-refractivity contribution in [3.8, 4) is 16.5 Å². The molecule has 0 spiro atoms. The fourth-order valence-corrected chi connectivity index (χ4v) is 4.06. The summed E-state index contributed by atoms with van der Waals surface area (Å²) in [4.78, 5) is 21.9. The highest BCUT2D eigenvalue weighted by Gasteiger charge is 2.17. The van der Waals surface area contributed by atoms with Crippen LogP contribution in [0.5, 0.6) is 5.88 Å². The molecular formula is C24H17N3O2S. The van der Waals surface area contributed by atoms with Crippen molar-refractivity contribution in [1.82, 2.24) is 14.4 Å². The molecule has 0 unspecified atom stereocenters. The van der Waals surface area contributed by atoms with Gasteiger partial charge in [0, 0.05) is 12.6 Å². The van der Waals surface area contributed by atoms with E-state index in [1.54, 1.807) is 34.0 Å². The summed E-state index contributed by atoms with van der Waals surface area (Å²) in [7, 11) is 0. The van der Waals surface area contributed by atoms with Gasteiger partial charge in [-0.25, -0.2) is 9.97 Å². The zero-order valence-corrected chi connectivity index (χ0v) is 16.7. The van der Waals surface area contributed by atoms with Crippen LogP contribution in [0.4, 0.5) is 0 Å². The minimum atomic E-state index is -0.0543. The van der Waals surface area contributed by atoms with E-state index in [2.05, 4.69) is 17.1 Å². The third-order valence-electron chi connectivity index (χ3n) is 4.85. The smallest absolute Gasteiger partial charge is 0.223 e. The number of allylic oxidation sites excluding steroid dienone is 5. The minimum absolute atomic E-state index is 0.0470. The molecule has 0 saturated carbocycles. The molecule has 6 heteroatoms. The summed E-state index contributed by atoms with van der Waals surface area (Å²) in [6, 6.07) is 14.1. The van der Waals surface area contributed by atoms with E-state index in [9.17, 15) is 9.90 Å². The van der Waals surface area contributed by atoms with Crippen LogP contribution in [-0.2, 0) is 11.2 Å². The SMILES string of the molecule is O=C1C=CC(=Cc2nc3c(Cc4ccccc4)nc(-c4cccs4)cn3c2O)C=C1. The lowest BCUT2D eigenvalue weighted by Crippen LogP contribution is -2.00. The summed E-state index contributed by atoms with van der Waals surface area (Å²) in [6.07, 6.45) is 10.6. The molecule has 0 aliphatic heterocycles. The van der Waals surface area contributed by atoms with Crippen molar-refractivity contribution < 1.29 is 9.90 Å². The van der Waals surface area contributed by atoms with Crippen LogP contribution in [0.15, 0.2) is 83.9 Å². The standard InChI is InChI=1S/C24H17N3O2S/c28-18-10-8-17(9-11-18)14-20-24(29)27-15-21(22-7-4-12-30-22)25-19(23(27)26-20)13-16-5-2-1-3-6-16/h1-12,14-15,29H,13H2. The Hall–Kier alpha value is -3.77. The minimum Gasteiger partial charge on any atom is -0.493 e.